The number of imidazole rings is 1. The van der Waals surface area contributed by atoms with Gasteiger partial charge in [-0.2, -0.15) is 0 Å². The van der Waals surface area contributed by atoms with Crippen LogP contribution in [0, 0.1) is 0 Å². The maximum atomic E-state index is 12.5. The first kappa shape index (κ1) is 30.4. The second kappa shape index (κ2) is 13.1. The highest BCUT2D eigenvalue weighted by molar-refractivity contribution is 5.89. The smallest absolute Gasteiger partial charge is 0.319 e. The predicted octanol–water partition coefficient (Wildman–Crippen LogP) is 3.64. The molecule has 11 heteroatoms. The van der Waals surface area contributed by atoms with Crippen LogP contribution < -0.4 is 16.4 Å². The number of amides is 2. The number of hydrogen-bond donors (Lipinski definition) is 5. The van der Waals surface area contributed by atoms with Crippen molar-refractivity contribution in [3.8, 4) is 0 Å². The van der Waals surface area contributed by atoms with Crippen molar-refractivity contribution >= 4 is 28.6 Å². The van der Waals surface area contributed by atoms with Gasteiger partial charge in [0.1, 0.15) is 23.8 Å². The second-order valence-electron chi connectivity index (χ2n) is 12.1. The second-order valence-corrected chi connectivity index (χ2v) is 12.1. The molecule has 6 N–H and O–H groups in total. The molecular weight excluding hydrogens is 546 g/mol. The van der Waals surface area contributed by atoms with Crippen molar-refractivity contribution in [3.05, 3.63) is 84.3 Å². The fourth-order valence-electron chi connectivity index (χ4n) is 5.31. The number of benzene rings is 2. The number of nitrogens with zero attached hydrogens (tertiary/aromatic N) is 4. The van der Waals surface area contributed by atoms with E-state index in [2.05, 4.69) is 46.3 Å². The number of aromatic nitrogens is 3. The van der Waals surface area contributed by atoms with E-state index in [1.807, 2.05) is 54.6 Å². The molecule has 11 nitrogen and oxygen atoms in total. The lowest BCUT2D eigenvalue weighted by molar-refractivity contribution is -0.0449. The number of nitrogen functional groups attached to an aromatic ring is 1. The summed E-state index contributed by atoms with van der Waals surface area (Å²) in [5.41, 5.74) is 10.6. The van der Waals surface area contributed by atoms with Crippen molar-refractivity contribution in [2.75, 3.05) is 30.7 Å². The van der Waals surface area contributed by atoms with Crippen molar-refractivity contribution in [3.63, 3.8) is 0 Å². The topological polar surface area (TPSA) is 151 Å². The van der Waals surface area contributed by atoms with E-state index in [9.17, 15) is 15.0 Å². The number of ether oxygens (including phenoxy) is 1. The van der Waals surface area contributed by atoms with Gasteiger partial charge < -0.3 is 31.3 Å². The molecule has 1 aliphatic heterocycles. The molecule has 4 aromatic rings. The van der Waals surface area contributed by atoms with Gasteiger partial charge in [-0.25, -0.2) is 14.8 Å². The summed E-state index contributed by atoms with van der Waals surface area (Å²) in [6.07, 6.45) is -0.0385. The fraction of sp³-hybridized carbons (Fsp3) is 0.406. The summed E-state index contributed by atoms with van der Waals surface area (Å²) >= 11 is 0. The van der Waals surface area contributed by atoms with Gasteiger partial charge in [-0.1, -0.05) is 63.2 Å². The Morgan fingerprint density at radius 1 is 1.05 bits per heavy atom. The van der Waals surface area contributed by atoms with E-state index < -0.39 is 24.5 Å². The lowest BCUT2D eigenvalue weighted by atomic mass is 9.87. The Hall–Kier alpha value is -4.03. The van der Waals surface area contributed by atoms with Gasteiger partial charge in [-0.05, 0) is 41.2 Å². The number of urea groups is 1. The van der Waals surface area contributed by atoms with E-state index >= 15 is 0 Å². The Bertz CT molecular complexity index is 1500. The maximum absolute atomic E-state index is 12.5. The third-order valence-corrected chi connectivity index (χ3v) is 7.74. The summed E-state index contributed by atoms with van der Waals surface area (Å²) in [6.45, 7) is 8.54. The summed E-state index contributed by atoms with van der Waals surface area (Å²) in [5, 5.41) is 27.7. The standard InChI is InChI=1S/C32H41N7O4/c1-32(2,3)22-10-12-23(13-11-22)37-31(42)35-15-7-17-38(18-21-8-5-4-6-9-21)19-25-27(40)28(41)30(43-25)39-20-36-26-24(33)14-16-34-29(26)39/h4-6,8-14,16,20,25,27-28,30,40-41H,7,15,17-19H2,1-3H3,(H2,33,34)(H2,35,37,42)/t25-,27-,28-,30-/m1/s1. The molecule has 0 saturated carbocycles. The van der Waals surface area contributed by atoms with Gasteiger partial charge in [0.05, 0.1) is 12.0 Å². The molecule has 0 bridgehead atoms. The first-order valence-electron chi connectivity index (χ1n) is 14.6. The highest BCUT2D eigenvalue weighted by Gasteiger charge is 2.44. The van der Waals surface area contributed by atoms with Crippen LogP contribution >= 0.6 is 0 Å². The van der Waals surface area contributed by atoms with Crippen molar-refractivity contribution < 1.29 is 19.7 Å². The molecule has 0 spiro atoms. The largest absolute Gasteiger partial charge is 0.397 e. The number of hydrogen-bond acceptors (Lipinski definition) is 8. The van der Waals surface area contributed by atoms with E-state index in [-0.39, 0.29) is 11.4 Å². The highest BCUT2D eigenvalue weighted by atomic mass is 16.6. The number of rotatable bonds is 10. The molecule has 228 valence electrons. The predicted molar refractivity (Wildman–Crippen MR) is 166 cm³/mol. The number of carbonyl (C=O) groups is 1. The van der Waals surface area contributed by atoms with Crippen LogP contribution in [0.15, 0.2) is 73.2 Å². The lowest BCUT2D eigenvalue weighted by Crippen LogP contribution is -2.41. The molecule has 1 fully saturated rings. The van der Waals surface area contributed by atoms with Gasteiger partial charge in [-0.15, -0.1) is 0 Å². The third-order valence-electron chi connectivity index (χ3n) is 7.74. The average molecular weight is 588 g/mol. The molecule has 4 atom stereocenters. The molecule has 0 radical (unpaired) electrons. The number of nitrogens with two attached hydrogens (primary N) is 1. The van der Waals surface area contributed by atoms with Crippen molar-refractivity contribution in [2.45, 2.75) is 63.7 Å². The number of pyridine rings is 1. The Balaban J connectivity index is 1.18. The zero-order chi connectivity index (χ0) is 30.6. The van der Waals surface area contributed by atoms with Gasteiger partial charge in [0.2, 0.25) is 0 Å². The Kier molecular flexibility index (Phi) is 9.26. The normalized spacial score (nSPS) is 20.5. The van der Waals surface area contributed by atoms with Crippen molar-refractivity contribution in [2.24, 2.45) is 0 Å². The first-order chi connectivity index (χ1) is 20.6. The van der Waals surface area contributed by atoms with E-state index in [4.69, 9.17) is 10.5 Å². The monoisotopic (exact) mass is 587 g/mol. The molecular formula is C32H41N7O4. The lowest BCUT2D eigenvalue weighted by Gasteiger charge is -2.27. The molecule has 2 aromatic heterocycles. The quantitative estimate of drug-likeness (QED) is 0.177. The number of aliphatic hydroxyl groups is 2. The summed E-state index contributed by atoms with van der Waals surface area (Å²) in [7, 11) is 0. The minimum atomic E-state index is -1.17. The zero-order valence-corrected chi connectivity index (χ0v) is 24.9. The van der Waals surface area contributed by atoms with Crippen molar-refractivity contribution in [1.29, 1.82) is 0 Å². The molecule has 0 aliphatic carbocycles. The number of anilines is 2. The molecule has 1 saturated heterocycles. The number of carbonyl (C=O) groups excluding carboxylic acids is 1. The van der Waals surface area contributed by atoms with Crippen molar-refractivity contribution in [1.82, 2.24) is 24.8 Å². The Morgan fingerprint density at radius 3 is 2.51 bits per heavy atom. The molecule has 43 heavy (non-hydrogen) atoms. The van der Waals surface area contributed by atoms with Crippen LogP contribution in [0.25, 0.3) is 11.2 Å². The van der Waals surface area contributed by atoms with Gasteiger partial charge in [0, 0.05) is 38.1 Å². The molecule has 2 aromatic carbocycles. The van der Waals surface area contributed by atoms with Gasteiger partial charge >= 0.3 is 6.03 Å². The number of fused-ring (bicyclic) bond motifs is 1. The Morgan fingerprint density at radius 2 is 1.79 bits per heavy atom. The number of nitrogens with one attached hydrogen (secondary N) is 2. The molecule has 3 heterocycles. The maximum Gasteiger partial charge on any atom is 0.319 e. The minimum Gasteiger partial charge on any atom is -0.397 e. The average Bonchev–Trinajstić information content (AvgIpc) is 3.53. The van der Waals surface area contributed by atoms with Crippen LogP contribution in [-0.4, -0.2) is 73.6 Å². The van der Waals surface area contributed by atoms with Gasteiger partial charge in [-0.3, -0.25) is 9.47 Å². The SMILES string of the molecule is CC(C)(C)c1ccc(NC(=O)NCCCN(Cc2ccccc2)C[C@H]2O[C@@H](n3cnc4c(N)ccnc43)[C@H](O)[C@@H]2O)cc1. The van der Waals surface area contributed by atoms with Crippen LogP contribution in [0.2, 0.25) is 0 Å². The number of aliphatic hydroxyl groups excluding tert-OH is 2. The molecule has 1 aliphatic rings. The van der Waals surface area contributed by atoms with Crippen LogP contribution in [-0.2, 0) is 16.7 Å². The van der Waals surface area contributed by atoms with E-state index in [0.717, 1.165) is 11.3 Å². The summed E-state index contributed by atoms with van der Waals surface area (Å²) < 4.78 is 7.82. The van der Waals surface area contributed by atoms with Crippen LogP contribution in [0.1, 0.15) is 44.5 Å². The van der Waals surface area contributed by atoms with E-state index in [1.165, 1.54) is 11.9 Å². The summed E-state index contributed by atoms with van der Waals surface area (Å²) in [5.74, 6) is 0. The molecule has 0 unspecified atom stereocenters. The minimum absolute atomic E-state index is 0.0462. The van der Waals surface area contributed by atoms with Crippen LogP contribution in [0.3, 0.4) is 0 Å². The summed E-state index contributed by atoms with van der Waals surface area (Å²) in [6, 6.07) is 19.3. The zero-order valence-electron chi connectivity index (χ0n) is 24.9. The molecule has 2 amide bonds. The first-order valence-corrected chi connectivity index (χ1v) is 14.6. The summed E-state index contributed by atoms with van der Waals surface area (Å²) in [4.78, 5) is 23.3. The van der Waals surface area contributed by atoms with Crippen LogP contribution in [0.5, 0.6) is 0 Å². The highest BCUT2D eigenvalue weighted by Crippen LogP contribution is 2.33. The fourth-order valence-corrected chi connectivity index (χ4v) is 5.31. The van der Waals surface area contributed by atoms with E-state index in [0.29, 0.717) is 49.5 Å². The third kappa shape index (κ3) is 7.31. The molecule has 5 rings (SSSR count). The van der Waals surface area contributed by atoms with Gasteiger partial charge in [0.15, 0.2) is 11.9 Å². The van der Waals surface area contributed by atoms with Crippen LogP contribution in [0.4, 0.5) is 16.2 Å². The Labute approximate surface area is 251 Å². The van der Waals surface area contributed by atoms with Gasteiger partial charge in [0.25, 0.3) is 0 Å². The van der Waals surface area contributed by atoms with E-state index in [1.54, 1.807) is 16.8 Å².